The van der Waals surface area contributed by atoms with Crippen LogP contribution in [0.3, 0.4) is 0 Å². The molecule has 284 valence electrons. The molecule has 0 unspecified atom stereocenters. The second-order valence-corrected chi connectivity index (χ2v) is 17.0. The number of nitrogens with zero attached hydrogens (tertiary/aromatic N) is 2. The van der Waals surface area contributed by atoms with Crippen LogP contribution < -0.4 is 25.8 Å². The molecule has 52 heavy (non-hydrogen) atoms. The normalized spacial score (nSPS) is 29.2. The number of hydrogen-bond acceptors (Lipinski definition) is 10. The Morgan fingerprint density at radius 2 is 1.73 bits per heavy atom. The summed E-state index contributed by atoms with van der Waals surface area (Å²) in [7, 11) is -4.36. The highest BCUT2D eigenvalue weighted by Crippen LogP contribution is 2.46. The summed E-state index contributed by atoms with van der Waals surface area (Å²) in [5.74, 6) is -2.74. The molecule has 3 heterocycles. The van der Waals surface area contributed by atoms with Gasteiger partial charge in [0.05, 0.1) is 12.2 Å². The van der Waals surface area contributed by atoms with Gasteiger partial charge in [-0.2, -0.15) is 13.1 Å². The highest BCUT2D eigenvalue weighted by Gasteiger charge is 2.62. The third kappa shape index (κ3) is 8.86. The van der Waals surface area contributed by atoms with Crippen LogP contribution in [0.4, 0.5) is 9.59 Å². The summed E-state index contributed by atoms with van der Waals surface area (Å²) in [6.07, 6.45) is 5.28. The number of carbonyl (C=O) groups is 5. The lowest BCUT2D eigenvalue weighted by molar-refractivity contribution is -0.141. The van der Waals surface area contributed by atoms with E-state index in [2.05, 4.69) is 15.4 Å². The summed E-state index contributed by atoms with van der Waals surface area (Å²) in [5.41, 5.74) is 4.35. The molecule has 6 N–H and O–H groups in total. The van der Waals surface area contributed by atoms with E-state index >= 15 is 0 Å². The van der Waals surface area contributed by atoms with E-state index in [-0.39, 0.29) is 25.8 Å². The van der Waals surface area contributed by atoms with Crippen LogP contribution in [0.5, 0.6) is 0 Å². The van der Waals surface area contributed by atoms with Crippen LogP contribution in [-0.4, -0.2) is 89.7 Å². The van der Waals surface area contributed by atoms with Crippen molar-refractivity contribution in [3.05, 3.63) is 47.5 Å². The Morgan fingerprint density at radius 3 is 2.38 bits per heavy atom. The van der Waals surface area contributed by atoms with Gasteiger partial charge in [0.2, 0.25) is 11.8 Å². The fourth-order valence-electron chi connectivity index (χ4n) is 7.04. The molecule has 16 nitrogen and oxygen atoms in total. The summed E-state index contributed by atoms with van der Waals surface area (Å²) in [4.78, 5) is 71.3. The van der Waals surface area contributed by atoms with Crippen molar-refractivity contribution in [2.75, 3.05) is 6.54 Å². The van der Waals surface area contributed by atoms with Crippen LogP contribution in [0.2, 0.25) is 0 Å². The largest absolute Gasteiger partial charge is 0.444 e. The zero-order valence-electron chi connectivity index (χ0n) is 29.8. The standard InChI is InChI=1S/C35H49N7O9S/c1-33(2,3)51-31(46)37-26-14-8-6-4-5-7-13-24-18-35(24,30(45)39-52(48,49)40-34(36)15-16-34)38-28(43)27-17-25(21-42(27)29(26)44)50-32(47)41-19-22-11-9-10-12-23(22)20-41/h7,9-13,24-27,40H,4-6,8,14-21,36H2,1-3H3,(H,37,46)(H,38,43)(H,39,45)/b13-7-/t24-,25-,26+,27+,35-/m1/s1. The Hall–Kier alpha value is -4.22. The lowest BCUT2D eigenvalue weighted by Crippen LogP contribution is -2.60. The van der Waals surface area contributed by atoms with Crippen LogP contribution in [0.1, 0.15) is 89.7 Å². The van der Waals surface area contributed by atoms with E-state index < -0.39 is 81.0 Å². The number of fused-ring (bicyclic) bond motifs is 3. The maximum atomic E-state index is 14.3. The van der Waals surface area contributed by atoms with Gasteiger partial charge in [0.15, 0.2) is 0 Å². The fraction of sp³-hybridized carbons (Fsp3) is 0.629. The van der Waals surface area contributed by atoms with Gasteiger partial charge in [-0.15, -0.1) is 0 Å². The summed E-state index contributed by atoms with van der Waals surface area (Å²) in [6, 6.07) is 5.39. The van der Waals surface area contributed by atoms with Gasteiger partial charge in [-0.1, -0.05) is 49.3 Å². The number of nitrogens with one attached hydrogen (secondary N) is 4. The predicted octanol–water partition coefficient (Wildman–Crippen LogP) is 1.80. The minimum Gasteiger partial charge on any atom is -0.444 e. The number of ether oxygens (including phenoxy) is 2. The highest BCUT2D eigenvalue weighted by molar-refractivity contribution is 7.88. The molecule has 0 aromatic heterocycles. The maximum absolute atomic E-state index is 14.3. The van der Waals surface area contributed by atoms with Crippen LogP contribution in [0, 0.1) is 5.92 Å². The minimum absolute atomic E-state index is 0.0863. The first-order chi connectivity index (χ1) is 24.5. The zero-order chi connectivity index (χ0) is 37.5. The average molecular weight is 744 g/mol. The lowest BCUT2D eigenvalue weighted by atomic mass is 10.0. The summed E-state index contributed by atoms with van der Waals surface area (Å²) < 4.78 is 41.3. The zero-order valence-corrected chi connectivity index (χ0v) is 30.6. The third-order valence-electron chi connectivity index (χ3n) is 10.1. The lowest BCUT2D eigenvalue weighted by Gasteiger charge is -2.30. The van der Waals surface area contributed by atoms with Crippen molar-refractivity contribution in [2.24, 2.45) is 11.7 Å². The fourth-order valence-corrected chi connectivity index (χ4v) is 8.25. The molecule has 3 aliphatic heterocycles. The van der Waals surface area contributed by atoms with Gasteiger partial charge in [0.1, 0.15) is 29.3 Å². The highest BCUT2D eigenvalue weighted by atomic mass is 32.2. The van der Waals surface area contributed by atoms with Crippen molar-refractivity contribution in [3.8, 4) is 0 Å². The first-order valence-electron chi connectivity index (χ1n) is 17.9. The molecule has 5 atom stereocenters. The molecule has 0 bridgehead atoms. The van der Waals surface area contributed by atoms with Crippen LogP contribution in [-0.2, 0) is 47.2 Å². The maximum Gasteiger partial charge on any atom is 0.410 e. The molecule has 5 amide bonds. The van der Waals surface area contributed by atoms with E-state index in [1.165, 1.54) is 9.80 Å². The molecule has 0 spiro atoms. The van der Waals surface area contributed by atoms with Crippen molar-refractivity contribution >= 4 is 40.1 Å². The molecule has 1 aromatic carbocycles. The number of carbonyl (C=O) groups excluding carboxylic acids is 5. The number of amides is 5. The van der Waals surface area contributed by atoms with Crippen molar-refractivity contribution in [2.45, 2.75) is 127 Å². The second kappa shape index (κ2) is 14.3. The Morgan fingerprint density at radius 1 is 1.04 bits per heavy atom. The van der Waals surface area contributed by atoms with Crippen molar-refractivity contribution in [1.82, 2.24) is 29.9 Å². The number of rotatable bonds is 6. The third-order valence-corrected chi connectivity index (χ3v) is 11.2. The van der Waals surface area contributed by atoms with Crippen LogP contribution >= 0.6 is 0 Å². The van der Waals surface area contributed by atoms with Gasteiger partial charge in [-0.3, -0.25) is 19.3 Å². The predicted molar refractivity (Wildman–Crippen MR) is 187 cm³/mol. The van der Waals surface area contributed by atoms with E-state index in [1.54, 1.807) is 26.8 Å². The number of hydrogen-bond donors (Lipinski definition) is 5. The summed E-state index contributed by atoms with van der Waals surface area (Å²) in [5, 5.41) is 5.46. The van der Waals surface area contributed by atoms with Crippen molar-refractivity contribution < 1.29 is 41.9 Å². The van der Waals surface area contributed by atoms with Crippen LogP contribution in [0.15, 0.2) is 36.4 Å². The topological polar surface area (TPSA) is 219 Å². The summed E-state index contributed by atoms with van der Waals surface area (Å²) in [6.45, 7) is 5.67. The number of allylic oxidation sites excluding steroid dienone is 1. The molecular formula is C35H49N7O9S. The average Bonchev–Trinajstić information content (AvgIpc) is 3.80. The Kier molecular flexibility index (Phi) is 10.3. The molecule has 5 aliphatic rings. The van der Waals surface area contributed by atoms with E-state index in [0.29, 0.717) is 38.8 Å². The SMILES string of the molecule is CC(C)(C)OC(=O)N[C@H]1CCCCC/C=C\[C@@H]2C[C@@]2(C(=O)NS(=O)(=O)NC2(N)CC2)NC(=O)[C@@H]2C[C@@H](OC(=O)N3Cc4ccccc4C3)CN2C1=O. The van der Waals surface area contributed by atoms with E-state index in [9.17, 15) is 32.4 Å². The van der Waals surface area contributed by atoms with Crippen molar-refractivity contribution in [3.63, 3.8) is 0 Å². The summed E-state index contributed by atoms with van der Waals surface area (Å²) >= 11 is 0. The van der Waals surface area contributed by atoms with E-state index in [1.807, 2.05) is 35.1 Å². The molecule has 3 fully saturated rings. The second-order valence-electron chi connectivity index (χ2n) is 15.6. The van der Waals surface area contributed by atoms with E-state index in [4.69, 9.17) is 15.2 Å². The quantitative estimate of drug-likeness (QED) is 0.210. The first kappa shape index (κ1) is 37.5. The Labute approximate surface area is 303 Å². The molecular weight excluding hydrogens is 694 g/mol. The smallest absolute Gasteiger partial charge is 0.410 e. The molecule has 1 saturated heterocycles. The Bertz CT molecular complexity index is 1720. The minimum atomic E-state index is -4.36. The van der Waals surface area contributed by atoms with Gasteiger partial charge >= 0.3 is 22.4 Å². The van der Waals surface area contributed by atoms with Gasteiger partial charge in [-0.25, -0.2) is 14.3 Å². The van der Waals surface area contributed by atoms with Gasteiger partial charge in [-0.05, 0) is 70.4 Å². The van der Waals surface area contributed by atoms with Crippen molar-refractivity contribution in [1.29, 1.82) is 0 Å². The van der Waals surface area contributed by atoms with E-state index in [0.717, 1.165) is 24.0 Å². The molecule has 2 aliphatic carbocycles. The molecule has 2 saturated carbocycles. The van der Waals surface area contributed by atoms with Gasteiger partial charge in [0.25, 0.3) is 5.91 Å². The Balaban J connectivity index is 1.24. The van der Waals surface area contributed by atoms with Gasteiger partial charge in [0, 0.05) is 25.4 Å². The molecule has 1 aromatic rings. The van der Waals surface area contributed by atoms with Gasteiger partial charge < -0.3 is 30.7 Å². The molecule has 0 radical (unpaired) electrons. The number of benzene rings is 1. The molecule has 6 rings (SSSR count). The number of nitrogens with two attached hydrogens (primary N) is 1. The number of alkyl carbamates (subject to hydrolysis) is 1. The van der Waals surface area contributed by atoms with Crippen LogP contribution in [0.25, 0.3) is 0 Å². The monoisotopic (exact) mass is 743 g/mol. The molecule has 17 heteroatoms. The first-order valence-corrected chi connectivity index (χ1v) is 19.4.